The van der Waals surface area contributed by atoms with E-state index in [1.165, 1.54) is 0 Å². The van der Waals surface area contributed by atoms with Crippen molar-refractivity contribution in [2.75, 3.05) is 0 Å². The molecule has 1 N–H and O–H groups in total. The van der Waals surface area contributed by atoms with Gasteiger partial charge >= 0.3 is 0 Å². The van der Waals surface area contributed by atoms with Crippen LogP contribution in [0.2, 0.25) is 0 Å². The van der Waals surface area contributed by atoms with Crippen LogP contribution in [0.3, 0.4) is 0 Å². The predicted octanol–water partition coefficient (Wildman–Crippen LogP) is 2.07. The Kier molecular flexibility index (Phi) is 3.85. The van der Waals surface area contributed by atoms with Gasteiger partial charge in [0.05, 0.1) is 0 Å². The fourth-order valence-corrected chi connectivity index (χ4v) is 0.641. The van der Waals surface area contributed by atoms with Gasteiger partial charge in [0.15, 0.2) is 0 Å². The van der Waals surface area contributed by atoms with Crippen molar-refractivity contribution in [3.8, 4) is 0 Å². The highest BCUT2D eigenvalue weighted by atomic mass is 14.9. The van der Waals surface area contributed by atoms with Gasteiger partial charge in [0.25, 0.3) is 0 Å². The summed E-state index contributed by atoms with van der Waals surface area (Å²) in [5.41, 5.74) is 1.04. The zero-order valence-electron chi connectivity index (χ0n) is 6.28. The lowest BCUT2D eigenvalue weighted by Crippen LogP contribution is -2.20. The molecule has 0 atom stereocenters. The first-order valence-corrected chi connectivity index (χ1v) is 3.22. The second kappa shape index (κ2) is 4.19. The van der Waals surface area contributed by atoms with Crippen molar-refractivity contribution in [2.24, 2.45) is 0 Å². The molecule has 0 saturated carbocycles. The minimum atomic E-state index is 0.484. The van der Waals surface area contributed by atoms with E-state index in [1.54, 1.807) is 0 Å². The van der Waals surface area contributed by atoms with Gasteiger partial charge in [-0.2, -0.15) is 0 Å². The van der Waals surface area contributed by atoms with Crippen LogP contribution in [0.15, 0.2) is 24.9 Å². The van der Waals surface area contributed by atoms with E-state index in [1.807, 2.05) is 6.08 Å². The summed E-state index contributed by atoms with van der Waals surface area (Å²) < 4.78 is 0. The Bertz CT molecular complexity index is 103. The van der Waals surface area contributed by atoms with Crippen molar-refractivity contribution in [1.82, 2.24) is 5.32 Å². The molecule has 52 valence electrons. The summed E-state index contributed by atoms with van der Waals surface area (Å²) >= 11 is 0. The fraction of sp³-hybridized carbons (Fsp3) is 0.500. The van der Waals surface area contributed by atoms with Crippen LogP contribution in [0.4, 0.5) is 0 Å². The Labute approximate surface area is 57.5 Å². The van der Waals surface area contributed by atoms with Gasteiger partial charge in [0, 0.05) is 18.2 Å². The van der Waals surface area contributed by atoms with Crippen LogP contribution in [0.5, 0.6) is 0 Å². The average Bonchev–Trinajstić information content (AvgIpc) is 1.63. The lowest BCUT2D eigenvalue weighted by atomic mass is 10.3. The van der Waals surface area contributed by atoms with E-state index in [9.17, 15) is 0 Å². The second-order valence-electron chi connectivity index (χ2n) is 2.40. The van der Waals surface area contributed by atoms with Gasteiger partial charge < -0.3 is 5.32 Å². The summed E-state index contributed by atoms with van der Waals surface area (Å²) in [5, 5.41) is 3.18. The summed E-state index contributed by atoms with van der Waals surface area (Å²) in [7, 11) is 0. The summed E-state index contributed by atoms with van der Waals surface area (Å²) in [5.74, 6) is 0. The van der Waals surface area contributed by atoms with Crippen molar-refractivity contribution in [1.29, 1.82) is 0 Å². The summed E-state index contributed by atoms with van der Waals surface area (Å²) in [6.07, 6.45) is 2.70. The van der Waals surface area contributed by atoms with Crippen LogP contribution in [0.25, 0.3) is 0 Å². The number of hydrogen-bond donors (Lipinski definition) is 1. The van der Waals surface area contributed by atoms with Crippen LogP contribution >= 0.6 is 0 Å². The Morgan fingerprint density at radius 2 is 2.22 bits per heavy atom. The van der Waals surface area contributed by atoms with Crippen LogP contribution in [0, 0.1) is 0 Å². The van der Waals surface area contributed by atoms with Crippen LogP contribution < -0.4 is 5.32 Å². The normalized spacial score (nSPS) is 9.22. The SMILES string of the molecule is C=CCC(=C)NC(C)C. The molecular formula is C8H15N. The number of rotatable bonds is 4. The number of allylic oxidation sites excluding steroid dienone is 1. The van der Waals surface area contributed by atoms with Crippen molar-refractivity contribution in [2.45, 2.75) is 26.3 Å². The third kappa shape index (κ3) is 5.15. The average molecular weight is 125 g/mol. The van der Waals surface area contributed by atoms with Crippen LogP contribution in [-0.4, -0.2) is 6.04 Å². The summed E-state index contributed by atoms with van der Waals surface area (Å²) in [4.78, 5) is 0. The molecule has 9 heavy (non-hydrogen) atoms. The molecule has 0 aliphatic carbocycles. The molecular weight excluding hydrogens is 110 g/mol. The maximum absolute atomic E-state index is 3.80. The molecule has 0 aliphatic rings. The Balaban J connectivity index is 3.38. The van der Waals surface area contributed by atoms with E-state index >= 15 is 0 Å². The van der Waals surface area contributed by atoms with Gasteiger partial charge in [-0.1, -0.05) is 12.7 Å². The molecule has 0 bridgehead atoms. The zero-order valence-corrected chi connectivity index (χ0v) is 6.28. The summed E-state index contributed by atoms with van der Waals surface area (Å²) in [6.45, 7) is 11.6. The van der Waals surface area contributed by atoms with Gasteiger partial charge in [-0.05, 0) is 13.8 Å². The van der Waals surface area contributed by atoms with E-state index < -0.39 is 0 Å². The maximum Gasteiger partial charge on any atom is 0.0201 e. The largest absolute Gasteiger partial charge is 0.386 e. The van der Waals surface area contributed by atoms with Gasteiger partial charge in [0.1, 0.15) is 0 Å². The Morgan fingerprint density at radius 1 is 1.67 bits per heavy atom. The minimum absolute atomic E-state index is 0.484. The highest BCUT2D eigenvalue weighted by molar-refractivity contribution is 4.97. The van der Waals surface area contributed by atoms with E-state index in [4.69, 9.17) is 0 Å². The fourth-order valence-electron chi connectivity index (χ4n) is 0.641. The van der Waals surface area contributed by atoms with Crippen molar-refractivity contribution < 1.29 is 0 Å². The standard InChI is InChI=1S/C8H15N/c1-5-6-8(4)9-7(2)3/h5,7,9H,1,4,6H2,2-3H3. The van der Waals surface area contributed by atoms with Crippen molar-refractivity contribution in [3.63, 3.8) is 0 Å². The first kappa shape index (κ1) is 8.28. The van der Waals surface area contributed by atoms with E-state index in [-0.39, 0.29) is 0 Å². The predicted molar refractivity (Wildman–Crippen MR) is 42.2 cm³/mol. The molecule has 0 amide bonds. The van der Waals surface area contributed by atoms with E-state index in [2.05, 4.69) is 32.3 Å². The molecule has 0 saturated heterocycles. The Morgan fingerprint density at radius 3 is 2.56 bits per heavy atom. The summed E-state index contributed by atoms with van der Waals surface area (Å²) in [6, 6.07) is 0.484. The molecule has 0 spiro atoms. The number of hydrogen-bond acceptors (Lipinski definition) is 1. The molecule has 0 radical (unpaired) electrons. The second-order valence-corrected chi connectivity index (χ2v) is 2.40. The maximum atomic E-state index is 3.80. The third-order valence-electron chi connectivity index (χ3n) is 0.884. The molecule has 0 aliphatic heterocycles. The first-order valence-electron chi connectivity index (χ1n) is 3.22. The molecule has 0 aromatic heterocycles. The number of nitrogens with one attached hydrogen (secondary N) is 1. The molecule has 0 aromatic carbocycles. The molecule has 0 rings (SSSR count). The van der Waals surface area contributed by atoms with Gasteiger partial charge in [-0.25, -0.2) is 0 Å². The van der Waals surface area contributed by atoms with Gasteiger partial charge in [-0.15, -0.1) is 6.58 Å². The topological polar surface area (TPSA) is 12.0 Å². The van der Waals surface area contributed by atoms with Crippen LogP contribution in [-0.2, 0) is 0 Å². The Hall–Kier alpha value is -0.720. The quantitative estimate of drug-likeness (QED) is 0.567. The monoisotopic (exact) mass is 125 g/mol. The highest BCUT2D eigenvalue weighted by Gasteiger charge is 1.91. The minimum Gasteiger partial charge on any atom is -0.386 e. The lowest BCUT2D eigenvalue weighted by molar-refractivity contribution is 0.661. The van der Waals surface area contributed by atoms with Crippen LogP contribution in [0.1, 0.15) is 20.3 Å². The first-order chi connectivity index (χ1) is 4.16. The molecule has 0 aromatic rings. The molecule has 0 fully saturated rings. The molecule has 1 heteroatoms. The zero-order chi connectivity index (χ0) is 7.28. The highest BCUT2D eigenvalue weighted by Crippen LogP contribution is 1.94. The van der Waals surface area contributed by atoms with E-state index in [0.717, 1.165) is 12.1 Å². The third-order valence-corrected chi connectivity index (χ3v) is 0.884. The van der Waals surface area contributed by atoms with Crippen molar-refractivity contribution in [3.05, 3.63) is 24.9 Å². The van der Waals surface area contributed by atoms with Gasteiger partial charge in [-0.3, -0.25) is 0 Å². The van der Waals surface area contributed by atoms with Gasteiger partial charge in [0.2, 0.25) is 0 Å². The van der Waals surface area contributed by atoms with Crippen molar-refractivity contribution >= 4 is 0 Å². The molecule has 1 nitrogen and oxygen atoms in total. The smallest absolute Gasteiger partial charge is 0.0201 e. The molecule has 0 heterocycles. The molecule has 0 unspecified atom stereocenters. The van der Waals surface area contributed by atoms with E-state index in [0.29, 0.717) is 6.04 Å². The lowest BCUT2D eigenvalue weighted by Gasteiger charge is -2.09.